The first-order chi connectivity index (χ1) is 13.1. The Bertz CT molecular complexity index is 809. The highest BCUT2D eigenvalue weighted by molar-refractivity contribution is 6.35. The molecule has 4 saturated carbocycles. The van der Waals surface area contributed by atoms with Gasteiger partial charge in [-0.15, -0.1) is 0 Å². The fourth-order valence-electron chi connectivity index (χ4n) is 5.73. The molecular weight excluding hydrogens is 401 g/mol. The summed E-state index contributed by atoms with van der Waals surface area (Å²) < 4.78 is 5.90. The first-order valence-corrected chi connectivity index (χ1v) is 10.5. The lowest BCUT2D eigenvalue weighted by Crippen LogP contribution is -2.63. The van der Waals surface area contributed by atoms with Gasteiger partial charge in [0.1, 0.15) is 5.75 Å². The number of amides is 1. The number of rotatable bonds is 5. The lowest BCUT2D eigenvalue weighted by Gasteiger charge is -2.58. The maximum absolute atomic E-state index is 13.0. The Morgan fingerprint density at radius 3 is 2.39 bits per heavy atom. The van der Waals surface area contributed by atoms with Crippen molar-refractivity contribution in [3.8, 4) is 5.75 Å². The number of carboxylic acid groups (broad SMARTS) is 1. The van der Waals surface area contributed by atoms with Crippen molar-refractivity contribution >= 4 is 35.1 Å². The van der Waals surface area contributed by atoms with Crippen molar-refractivity contribution < 1.29 is 19.4 Å². The predicted molar refractivity (Wildman–Crippen MR) is 107 cm³/mol. The molecule has 0 aliphatic heterocycles. The molecule has 28 heavy (non-hydrogen) atoms. The van der Waals surface area contributed by atoms with Crippen molar-refractivity contribution in [1.29, 1.82) is 0 Å². The number of nitrogens with one attached hydrogen (secondary N) is 1. The molecular formula is C21H25Cl2NO4. The number of hydrogen-bond donors (Lipinski definition) is 2. The Morgan fingerprint density at radius 1 is 1.18 bits per heavy atom. The summed E-state index contributed by atoms with van der Waals surface area (Å²) in [5.41, 5.74) is -1.70. The van der Waals surface area contributed by atoms with E-state index in [2.05, 4.69) is 5.32 Å². The van der Waals surface area contributed by atoms with E-state index < -0.39 is 17.0 Å². The predicted octanol–water partition coefficient (Wildman–Crippen LogP) is 4.55. The molecule has 7 heteroatoms. The minimum atomic E-state index is -1.11. The van der Waals surface area contributed by atoms with Crippen molar-refractivity contribution in [1.82, 2.24) is 5.32 Å². The standard InChI is InChI=1S/C21H25Cl2NO4/c1-20(2,28-16-4-3-14(22)7-15(16)23)18(25)24-17-12-5-11-6-13(17)10-21(8-11,9-12)19(26)27/h3-4,7,11-13,17H,5-6,8-10H2,1-2H3,(H,24,25)(H,26,27). The molecule has 0 aromatic heterocycles. The summed E-state index contributed by atoms with van der Waals surface area (Å²) in [7, 11) is 0. The van der Waals surface area contributed by atoms with E-state index in [1.165, 1.54) is 0 Å². The van der Waals surface area contributed by atoms with Crippen molar-refractivity contribution in [3.63, 3.8) is 0 Å². The Hall–Kier alpha value is -1.46. The van der Waals surface area contributed by atoms with Crippen molar-refractivity contribution in [2.24, 2.45) is 23.2 Å². The minimum Gasteiger partial charge on any atom is -0.481 e. The molecule has 0 radical (unpaired) electrons. The molecule has 4 aliphatic rings. The number of aliphatic carboxylic acids is 1. The average Bonchev–Trinajstić information content (AvgIpc) is 2.59. The Balaban J connectivity index is 1.47. The van der Waals surface area contributed by atoms with E-state index in [1.807, 2.05) is 0 Å². The van der Waals surface area contributed by atoms with E-state index in [1.54, 1.807) is 32.0 Å². The average molecular weight is 426 g/mol. The van der Waals surface area contributed by atoms with E-state index >= 15 is 0 Å². The molecule has 2 N–H and O–H groups in total. The first-order valence-electron chi connectivity index (χ1n) is 9.78. The summed E-state index contributed by atoms with van der Waals surface area (Å²) in [6, 6.07) is 4.91. The zero-order valence-corrected chi connectivity index (χ0v) is 17.5. The second-order valence-corrected chi connectivity index (χ2v) is 10.1. The van der Waals surface area contributed by atoms with Crippen LogP contribution in [0.25, 0.3) is 0 Å². The van der Waals surface area contributed by atoms with Crippen LogP contribution in [0.4, 0.5) is 0 Å². The number of carbonyl (C=O) groups is 2. The summed E-state index contributed by atoms with van der Waals surface area (Å²) in [5.74, 6) is 0.445. The molecule has 5 rings (SSSR count). The van der Waals surface area contributed by atoms with E-state index in [-0.39, 0.29) is 23.8 Å². The molecule has 1 amide bonds. The summed E-state index contributed by atoms with van der Waals surface area (Å²) in [5, 5.41) is 13.8. The van der Waals surface area contributed by atoms with Gasteiger partial charge in [0.15, 0.2) is 5.60 Å². The third-order valence-corrected chi connectivity index (χ3v) is 7.36. The van der Waals surface area contributed by atoms with Crippen LogP contribution < -0.4 is 10.1 Å². The zero-order chi connectivity index (χ0) is 20.3. The first kappa shape index (κ1) is 19.8. The molecule has 2 atom stereocenters. The minimum absolute atomic E-state index is 0.0140. The Kier molecular flexibility index (Phi) is 4.82. The monoisotopic (exact) mass is 425 g/mol. The van der Waals surface area contributed by atoms with Gasteiger partial charge in [0.2, 0.25) is 0 Å². The van der Waals surface area contributed by atoms with Gasteiger partial charge in [0, 0.05) is 11.1 Å². The van der Waals surface area contributed by atoms with E-state index in [9.17, 15) is 14.7 Å². The molecule has 1 aromatic rings. The van der Waals surface area contributed by atoms with Gasteiger partial charge in [0.05, 0.1) is 10.4 Å². The highest BCUT2D eigenvalue weighted by Crippen LogP contribution is 2.60. The third kappa shape index (κ3) is 3.37. The highest BCUT2D eigenvalue weighted by Gasteiger charge is 2.59. The largest absolute Gasteiger partial charge is 0.481 e. The SMILES string of the molecule is CC(C)(Oc1ccc(Cl)cc1Cl)C(=O)NC1C2CC3CC1CC(C(=O)O)(C3)C2. The number of benzene rings is 1. The van der Waals surface area contributed by atoms with Crippen molar-refractivity contribution in [3.05, 3.63) is 28.2 Å². The van der Waals surface area contributed by atoms with Crippen LogP contribution in [0.2, 0.25) is 10.0 Å². The number of ether oxygens (including phenoxy) is 1. The summed E-state index contributed by atoms with van der Waals surface area (Å²) in [4.78, 5) is 24.9. The van der Waals surface area contributed by atoms with Gasteiger partial charge >= 0.3 is 5.97 Å². The molecule has 2 unspecified atom stereocenters. The Morgan fingerprint density at radius 2 is 1.82 bits per heavy atom. The number of carbonyl (C=O) groups excluding carboxylic acids is 1. The van der Waals surface area contributed by atoms with Crippen LogP contribution in [-0.2, 0) is 9.59 Å². The lowest BCUT2D eigenvalue weighted by atomic mass is 9.48. The molecule has 0 spiro atoms. The third-order valence-electron chi connectivity index (χ3n) is 6.83. The van der Waals surface area contributed by atoms with Gasteiger partial charge in [0.25, 0.3) is 5.91 Å². The topological polar surface area (TPSA) is 75.6 Å². The van der Waals surface area contributed by atoms with Crippen LogP contribution in [0.15, 0.2) is 18.2 Å². The van der Waals surface area contributed by atoms with E-state index in [0.717, 1.165) is 19.3 Å². The highest BCUT2D eigenvalue weighted by atomic mass is 35.5. The molecule has 4 fully saturated rings. The van der Waals surface area contributed by atoms with Gasteiger partial charge in [-0.3, -0.25) is 9.59 Å². The molecule has 0 saturated heterocycles. The van der Waals surface area contributed by atoms with Crippen LogP contribution in [0.3, 0.4) is 0 Å². The van der Waals surface area contributed by atoms with Crippen LogP contribution in [0, 0.1) is 23.2 Å². The fourth-order valence-corrected chi connectivity index (χ4v) is 6.17. The number of carboxylic acids is 1. The van der Waals surface area contributed by atoms with E-state index in [0.29, 0.717) is 34.6 Å². The smallest absolute Gasteiger partial charge is 0.309 e. The van der Waals surface area contributed by atoms with Crippen molar-refractivity contribution in [2.75, 3.05) is 0 Å². The number of halogens is 2. The van der Waals surface area contributed by atoms with Crippen molar-refractivity contribution in [2.45, 2.75) is 57.6 Å². The normalized spacial score (nSPS) is 33.6. The van der Waals surface area contributed by atoms with Crippen LogP contribution in [0.1, 0.15) is 46.0 Å². The molecule has 4 bridgehead atoms. The second kappa shape index (κ2) is 6.81. The quantitative estimate of drug-likeness (QED) is 0.725. The molecule has 5 nitrogen and oxygen atoms in total. The second-order valence-electron chi connectivity index (χ2n) is 9.24. The van der Waals surface area contributed by atoms with Gasteiger partial charge in [-0.05, 0) is 81.9 Å². The van der Waals surface area contributed by atoms with Crippen LogP contribution in [0.5, 0.6) is 5.75 Å². The maximum Gasteiger partial charge on any atom is 0.309 e. The van der Waals surface area contributed by atoms with Crippen LogP contribution in [-0.4, -0.2) is 28.6 Å². The molecule has 4 aliphatic carbocycles. The summed E-state index contributed by atoms with van der Waals surface area (Å²) >= 11 is 12.1. The summed E-state index contributed by atoms with van der Waals surface area (Å²) in [6.45, 7) is 3.42. The number of hydrogen-bond acceptors (Lipinski definition) is 3. The maximum atomic E-state index is 13.0. The summed E-state index contributed by atoms with van der Waals surface area (Å²) in [6.07, 6.45) is 4.11. The molecule has 0 heterocycles. The lowest BCUT2D eigenvalue weighted by molar-refractivity contribution is -0.168. The molecule has 152 valence electrons. The van der Waals surface area contributed by atoms with Crippen LogP contribution >= 0.6 is 23.2 Å². The van der Waals surface area contributed by atoms with Gasteiger partial charge in [-0.1, -0.05) is 23.2 Å². The van der Waals surface area contributed by atoms with Gasteiger partial charge < -0.3 is 15.2 Å². The fraction of sp³-hybridized carbons (Fsp3) is 0.619. The molecule has 1 aromatic carbocycles. The van der Waals surface area contributed by atoms with Gasteiger partial charge in [-0.2, -0.15) is 0 Å². The zero-order valence-electron chi connectivity index (χ0n) is 16.0. The van der Waals surface area contributed by atoms with Gasteiger partial charge in [-0.25, -0.2) is 0 Å². The Labute approximate surface area is 174 Å². The van der Waals surface area contributed by atoms with E-state index in [4.69, 9.17) is 27.9 Å².